The Kier molecular flexibility index (Phi) is 5.16. The maximum absolute atomic E-state index is 11.6. The van der Waals surface area contributed by atoms with Crippen LogP contribution >= 0.6 is 0 Å². The van der Waals surface area contributed by atoms with E-state index in [0.29, 0.717) is 18.1 Å². The zero-order chi connectivity index (χ0) is 10.4. The number of ketones is 1. The minimum absolute atomic E-state index is 0.0890. The van der Waals surface area contributed by atoms with E-state index in [0.717, 1.165) is 6.42 Å². The van der Waals surface area contributed by atoms with Crippen molar-refractivity contribution in [1.82, 2.24) is 0 Å². The van der Waals surface area contributed by atoms with E-state index < -0.39 is 0 Å². The van der Waals surface area contributed by atoms with Crippen molar-refractivity contribution >= 4 is 5.78 Å². The zero-order valence-electron chi connectivity index (χ0n) is 9.42. The third kappa shape index (κ3) is 4.23. The number of hydrogen-bond donors (Lipinski definition) is 0. The van der Waals surface area contributed by atoms with Crippen LogP contribution in [0.15, 0.2) is 0 Å². The number of rotatable bonds is 5. The van der Waals surface area contributed by atoms with Crippen molar-refractivity contribution < 1.29 is 9.53 Å². The first kappa shape index (κ1) is 11.7. The average molecular weight is 198 g/mol. The number of hydrogen-bond acceptors (Lipinski definition) is 2. The second-order valence-corrected chi connectivity index (χ2v) is 4.50. The Morgan fingerprint density at radius 3 is 2.57 bits per heavy atom. The van der Waals surface area contributed by atoms with Crippen LogP contribution in [0.1, 0.15) is 51.9 Å². The van der Waals surface area contributed by atoms with Gasteiger partial charge in [-0.3, -0.25) is 4.79 Å². The molecule has 1 rings (SSSR count). The quantitative estimate of drug-likeness (QED) is 0.679. The molecule has 0 saturated heterocycles. The number of carbonyl (C=O) groups is 1. The third-order valence-electron chi connectivity index (χ3n) is 3.16. The standard InChI is InChI=1S/C12H22O2/c1-10(14-2)8-12(13)9-11-6-4-3-5-7-11/h10-11H,3-9H2,1-2H3. The van der Waals surface area contributed by atoms with Crippen LogP contribution in [0, 0.1) is 5.92 Å². The topological polar surface area (TPSA) is 26.3 Å². The molecule has 0 spiro atoms. The van der Waals surface area contributed by atoms with Gasteiger partial charge in [-0.05, 0) is 12.8 Å². The molecule has 0 aromatic rings. The van der Waals surface area contributed by atoms with Gasteiger partial charge < -0.3 is 4.74 Å². The van der Waals surface area contributed by atoms with Gasteiger partial charge in [0.1, 0.15) is 5.78 Å². The molecule has 2 heteroatoms. The molecule has 1 fully saturated rings. The van der Waals surface area contributed by atoms with Gasteiger partial charge in [-0.1, -0.05) is 32.1 Å². The summed E-state index contributed by atoms with van der Waals surface area (Å²) in [6, 6.07) is 0. The molecule has 1 saturated carbocycles. The molecular weight excluding hydrogens is 176 g/mol. The molecule has 0 aromatic heterocycles. The van der Waals surface area contributed by atoms with E-state index in [9.17, 15) is 4.79 Å². The van der Waals surface area contributed by atoms with Gasteiger partial charge in [-0.25, -0.2) is 0 Å². The monoisotopic (exact) mass is 198 g/mol. The largest absolute Gasteiger partial charge is 0.381 e. The molecule has 1 aliphatic rings. The smallest absolute Gasteiger partial charge is 0.135 e. The molecule has 0 amide bonds. The second-order valence-electron chi connectivity index (χ2n) is 4.50. The first-order valence-electron chi connectivity index (χ1n) is 5.77. The SMILES string of the molecule is COC(C)CC(=O)CC1CCCCC1. The van der Waals surface area contributed by atoms with Gasteiger partial charge in [0.2, 0.25) is 0 Å². The molecular formula is C12H22O2. The van der Waals surface area contributed by atoms with Crippen LogP contribution in [0.3, 0.4) is 0 Å². The zero-order valence-corrected chi connectivity index (χ0v) is 9.42. The highest BCUT2D eigenvalue weighted by Gasteiger charge is 2.18. The number of ether oxygens (including phenoxy) is 1. The van der Waals surface area contributed by atoms with Crippen LogP contribution in [0.4, 0.5) is 0 Å². The van der Waals surface area contributed by atoms with E-state index >= 15 is 0 Å². The molecule has 2 nitrogen and oxygen atoms in total. The molecule has 0 aliphatic heterocycles. The van der Waals surface area contributed by atoms with E-state index in [1.165, 1.54) is 32.1 Å². The predicted molar refractivity (Wildman–Crippen MR) is 57.3 cm³/mol. The van der Waals surface area contributed by atoms with Crippen molar-refractivity contribution in [3.63, 3.8) is 0 Å². The minimum Gasteiger partial charge on any atom is -0.381 e. The fourth-order valence-electron chi connectivity index (χ4n) is 2.20. The number of methoxy groups -OCH3 is 1. The number of carbonyl (C=O) groups excluding carboxylic acids is 1. The summed E-state index contributed by atoms with van der Waals surface area (Å²) in [6.07, 6.45) is 7.97. The van der Waals surface area contributed by atoms with E-state index in [1.807, 2.05) is 6.92 Å². The fraction of sp³-hybridized carbons (Fsp3) is 0.917. The van der Waals surface area contributed by atoms with Crippen LogP contribution in [-0.4, -0.2) is 19.0 Å². The summed E-state index contributed by atoms with van der Waals surface area (Å²) in [5.41, 5.74) is 0. The molecule has 1 atom stereocenters. The molecule has 1 aliphatic carbocycles. The molecule has 0 bridgehead atoms. The summed E-state index contributed by atoms with van der Waals surface area (Å²) in [5.74, 6) is 1.05. The molecule has 0 N–H and O–H groups in total. The van der Waals surface area contributed by atoms with Crippen LogP contribution in [0.5, 0.6) is 0 Å². The molecule has 0 heterocycles. The average Bonchev–Trinajstić information content (AvgIpc) is 2.19. The van der Waals surface area contributed by atoms with Gasteiger partial charge in [0.25, 0.3) is 0 Å². The Morgan fingerprint density at radius 1 is 1.36 bits per heavy atom. The summed E-state index contributed by atoms with van der Waals surface area (Å²) >= 11 is 0. The Morgan fingerprint density at radius 2 is 2.00 bits per heavy atom. The van der Waals surface area contributed by atoms with Gasteiger partial charge in [-0.2, -0.15) is 0 Å². The second kappa shape index (κ2) is 6.18. The third-order valence-corrected chi connectivity index (χ3v) is 3.16. The summed E-state index contributed by atoms with van der Waals surface area (Å²) in [5, 5.41) is 0. The van der Waals surface area contributed by atoms with Gasteiger partial charge in [0.15, 0.2) is 0 Å². The lowest BCUT2D eigenvalue weighted by molar-refractivity contribution is -0.122. The fourth-order valence-corrected chi connectivity index (χ4v) is 2.20. The lowest BCUT2D eigenvalue weighted by Gasteiger charge is -2.21. The molecule has 0 radical (unpaired) electrons. The van der Waals surface area contributed by atoms with Gasteiger partial charge in [0.05, 0.1) is 6.10 Å². The van der Waals surface area contributed by atoms with E-state index in [-0.39, 0.29) is 6.10 Å². The Balaban J connectivity index is 2.18. The summed E-state index contributed by atoms with van der Waals surface area (Å²) < 4.78 is 5.09. The molecule has 1 unspecified atom stereocenters. The first-order chi connectivity index (χ1) is 6.72. The molecule has 14 heavy (non-hydrogen) atoms. The Hall–Kier alpha value is -0.370. The normalized spacial score (nSPS) is 20.7. The lowest BCUT2D eigenvalue weighted by atomic mass is 9.85. The van der Waals surface area contributed by atoms with Crippen molar-refractivity contribution in [3.05, 3.63) is 0 Å². The summed E-state index contributed by atoms with van der Waals surface area (Å²) in [7, 11) is 1.67. The van der Waals surface area contributed by atoms with Crippen molar-refractivity contribution in [2.75, 3.05) is 7.11 Å². The van der Waals surface area contributed by atoms with Crippen LogP contribution in [0.2, 0.25) is 0 Å². The van der Waals surface area contributed by atoms with Crippen LogP contribution in [0.25, 0.3) is 0 Å². The highest BCUT2D eigenvalue weighted by atomic mass is 16.5. The van der Waals surface area contributed by atoms with Gasteiger partial charge in [-0.15, -0.1) is 0 Å². The highest BCUT2D eigenvalue weighted by molar-refractivity contribution is 5.79. The van der Waals surface area contributed by atoms with Crippen molar-refractivity contribution in [2.24, 2.45) is 5.92 Å². The maximum atomic E-state index is 11.6. The summed E-state index contributed by atoms with van der Waals surface area (Å²) in [4.78, 5) is 11.6. The molecule has 82 valence electrons. The van der Waals surface area contributed by atoms with Crippen molar-refractivity contribution in [1.29, 1.82) is 0 Å². The van der Waals surface area contributed by atoms with Crippen molar-refractivity contribution in [3.8, 4) is 0 Å². The predicted octanol–water partition coefficient (Wildman–Crippen LogP) is 2.95. The Bertz CT molecular complexity index is 171. The number of Topliss-reactive ketones (excluding diaryl/α,β-unsaturated/α-hetero) is 1. The first-order valence-corrected chi connectivity index (χ1v) is 5.77. The van der Waals surface area contributed by atoms with Crippen LogP contribution in [-0.2, 0) is 9.53 Å². The van der Waals surface area contributed by atoms with Gasteiger partial charge in [0, 0.05) is 20.0 Å². The van der Waals surface area contributed by atoms with Gasteiger partial charge >= 0.3 is 0 Å². The van der Waals surface area contributed by atoms with E-state index in [1.54, 1.807) is 7.11 Å². The lowest BCUT2D eigenvalue weighted by Crippen LogP contribution is -2.17. The highest BCUT2D eigenvalue weighted by Crippen LogP contribution is 2.26. The van der Waals surface area contributed by atoms with Crippen LogP contribution < -0.4 is 0 Å². The van der Waals surface area contributed by atoms with E-state index in [2.05, 4.69) is 0 Å². The summed E-state index contributed by atoms with van der Waals surface area (Å²) in [6.45, 7) is 1.96. The Labute approximate surface area is 87.0 Å². The maximum Gasteiger partial charge on any atom is 0.135 e. The molecule has 0 aromatic carbocycles. The minimum atomic E-state index is 0.0890. The van der Waals surface area contributed by atoms with E-state index in [4.69, 9.17) is 4.74 Å². The van der Waals surface area contributed by atoms with Crippen molar-refractivity contribution in [2.45, 2.75) is 58.0 Å².